The number of pyridine rings is 1. The minimum Gasteiger partial charge on any atom is -0.343 e. The van der Waals surface area contributed by atoms with Gasteiger partial charge in [0.1, 0.15) is 0 Å². The van der Waals surface area contributed by atoms with Crippen LogP contribution in [0.2, 0.25) is 0 Å². The molecule has 0 saturated heterocycles. The summed E-state index contributed by atoms with van der Waals surface area (Å²) in [5.41, 5.74) is 4.74. The number of hydrogen-bond donors (Lipinski definition) is 0. The summed E-state index contributed by atoms with van der Waals surface area (Å²) in [5, 5.41) is 0.738. The zero-order valence-corrected chi connectivity index (χ0v) is 14.6. The quantitative estimate of drug-likeness (QED) is 0.492. The lowest BCUT2D eigenvalue weighted by molar-refractivity contribution is 0.958. The maximum atomic E-state index is 13.2. The fraction of sp³-hybridized carbons (Fsp3) is 0.0417. The first kappa shape index (κ1) is 16.1. The Kier molecular flexibility index (Phi) is 4.24. The van der Waals surface area contributed by atoms with E-state index < -0.39 is 0 Å². The van der Waals surface area contributed by atoms with Gasteiger partial charge in [-0.1, -0.05) is 78.9 Å². The first-order valence-electron chi connectivity index (χ1n) is 8.66. The molecule has 2 nitrogen and oxygen atoms in total. The second-order valence-corrected chi connectivity index (χ2v) is 6.28. The summed E-state index contributed by atoms with van der Waals surface area (Å²) in [6.45, 7) is 0. The molecular formula is C24H19NO. The number of aromatic nitrogens is 1. The fourth-order valence-electron chi connectivity index (χ4n) is 3.36. The molecule has 3 aromatic carbocycles. The van der Waals surface area contributed by atoms with Crippen molar-refractivity contribution in [3.63, 3.8) is 0 Å². The third-order valence-corrected chi connectivity index (χ3v) is 4.63. The molecule has 0 aliphatic heterocycles. The van der Waals surface area contributed by atoms with Gasteiger partial charge in [-0.2, -0.15) is 0 Å². The Bertz CT molecular complexity index is 1140. The average molecular weight is 337 g/mol. The monoisotopic (exact) mass is 337 g/mol. The molecule has 0 aliphatic rings. The lowest BCUT2D eigenvalue weighted by Gasteiger charge is -2.16. The molecule has 1 aromatic heterocycles. The van der Waals surface area contributed by atoms with E-state index in [0.717, 1.165) is 27.7 Å². The van der Waals surface area contributed by atoms with Crippen molar-refractivity contribution in [1.29, 1.82) is 0 Å². The van der Waals surface area contributed by atoms with Gasteiger partial charge < -0.3 is 4.57 Å². The summed E-state index contributed by atoms with van der Waals surface area (Å²) in [7, 11) is 2.02. The molecule has 26 heavy (non-hydrogen) atoms. The molecule has 4 aromatic rings. The third-order valence-electron chi connectivity index (χ3n) is 4.63. The topological polar surface area (TPSA) is 22.0 Å². The molecule has 0 radical (unpaired) electrons. The SMILES string of the molecule is Cn1c(-c2ccccc2)c(/C=C/c2ccccc2)c(=O)c2ccccc21. The van der Waals surface area contributed by atoms with Gasteiger partial charge in [0.05, 0.1) is 11.2 Å². The van der Waals surface area contributed by atoms with Crippen LogP contribution in [-0.2, 0) is 7.05 Å². The van der Waals surface area contributed by atoms with E-state index in [-0.39, 0.29) is 5.43 Å². The summed E-state index contributed by atoms with van der Waals surface area (Å²) in [6.07, 6.45) is 3.93. The standard InChI is InChI=1S/C24H19NO/c1-25-22-15-9-8-14-20(22)24(26)21(17-16-18-10-4-2-5-11-18)23(25)19-12-6-3-7-13-19/h2-17H,1H3/b17-16+. The Hall–Kier alpha value is -3.39. The maximum absolute atomic E-state index is 13.2. The summed E-state index contributed by atoms with van der Waals surface area (Å²) in [4.78, 5) is 13.2. The number of fused-ring (bicyclic) bond motifs is 1. The fourth-order valence-corrected chi connectivity index (χ4v) is 3.36. The van der Waals surface area contributed by atoms with Gasteiger partial charge in [-0.3, -0.25) is 4.79 Å². The van der Waals surface area contributed by atoms with E-state index in [1.165, 1.54) is 0 Å². The smallest absolute Gasteiger partial charge is 0.197 e. The van der Waals surface area contributed by atoms with E-state index in [0.29, 0.717) is 5.56 Å². The number of rotatable bonds is 3. The van der Waals surface area contributed by atoms with E-state index in [4.69, 9.17) is 0 Å². The van der Waals surface area contributed by atoms with Gasteiger partial charge in [0.15, 0.2) is 5.43 Å². The van der Waals surface area contributed by atoms with Crippen molar-refractivity contribution in [3.8, 4) is 11.3 Å². The van der Waals surface area contributed by atoms with Crippen LogP contribution in [-0.4, -0.2) is 4.57 Å². The van der Waals surface area contributed by atoms with Crippen LogP contribution in [0.25, 0.3) is 34.3 Å². The zero-order valence-electron chi connectivity index (χ0n) is 14.6. The number of nitrogens with zero attached hydrogens (tertiary/aromatic N) is 1. The van der Waals surface area contributed by atoms with Crippen molar-refractivity contribution in [1.82, 2.24) is 4.57 Å². The molecule has 0 aliphatic carbocycles. The molecule has 0 N–H and O–H groups in total. The third kappa shape index (κ3) is 2.86. The highest BCUT2D eigenvalue weighted by atomic mass is 16.1. The normalized spacial score (nSPS) is 11.3. The minimum atomic E-state index is 0.0599. The number of hydrogen-bond acceptors (Lipinski definition) is 1. The van der Waals surface area contributed by atoms with Gasteiger partial charge in [0.25, 0.3) is 0 Å². The Morgan fingerprint density at radius 1 is 0.731 bits per heavy atom. The molecular weight excluding hydrogens is 318 g/mol. The number of para-hydroxylation sites is 1. The van der Waals surface area contributed by atoms with E-state index >= 15 is 0 Å². The molecule has 126 valence electrons. The predicted molar refractivity (Wildman–Crippen MR) is 110 cm³/mol. The molecule has 0 bridgehead atoms. The molecule has 0 atom stereocenters. The summed E-state index contributed by atoms with van der Waals surface area (Å²) < 4.78 is 2.11. The van der Waals surface area contributed by atoms with Crippen LogP contribution in [0.1, 0.15) is 11.1 Å². The van der Waals surface area contributed by atoms with E-state index in [1.807, 2.05) is 104 Å². The predicted octanol–water partition coefficient (Wildman–Crippen LogP) is 5.38. The van der Waals surface area contributed by atoms with E-state index in [9.17, 15) is 4.79 Å². The van der Waals surface area contributed by atoms with Crippen molar-refractivity contribution >= 4 is 23.1 Å². The minimum absolute atomic E-state index is 0.0599. The van der Waals surface area contributed by atoms with E-state index in [2.05, 4.69) is 4.57 Å². The first-order valence-corrected chi connectivity index (χ1v) is 8.66. The van der Waals surface area contributed by atoms with Crippen molar-refractivity contribution in [2.75, 3.05) is 0 Å². The Morgan fingerprint density at radius 3 is 2.08 bits per heavy atom. The highest BCUT2D eigenvalue weighted by Gasteiger charge is 2.14. The van der Waals surface area contributed by atoms with Crippen LogP contribution >= 0.6 is 0 Å². The zero-order chi connectivity index (χ0) is 17.9. The van der Waals surface area contributed by atoms with Crippen LogP contribution in [0.15, 0.2) is 89.7 Å². The van der Waals surface area contributed by atoms with Gasteiger partial charge in [-0.25, -0.2) is 0 Å². The van der Waals surface area contributed by atoms with Crippen LogP contribution in [0, 0.1) is 0 Å². The lowest BCUT2D eigenvalue weighted by Crippen LogP contribution is -2.14. The Labute approximate surface area is 152 Å². The van der Waals surface area contributed by atoms with Crippen molar-refractivity contribution < 1.29 is 0 Å². The Morgan fingerprint density at radius 2 is 1.35 bits per heavy atom. The summed E-state index contributed by atoms with van der Waals surface area (Å²) in [5.74, 6) is 0. The maximum Gasteiger partial charge on any atom is 0.197 e. The van der Waals surface area contributed by atoms with Gasteiger partial charge in [-0.05, 0) is 29.3 Å². The summed E-state index contributed by atoms with van der Waals surface area (Å²) in [6, 6.07) is 27.9. The van der Waals surface area contributed by atoms with Crippen LogP contribution in [0.5, 0.6) is 0 Å². The highest BCUT2D eigenvalue weighted by Crippen LogP contribution is 2.26. The molecule has 0 fully saturated rings. The van der Waals surface area contributed by atoms with Gasteiger partial charge >= 0.3 is 0 Å². The average Bonchev–Trinajstić information content (AvgIpc) is 2.71. The molecule has 0 spiro atoms. The summed E-state index contributed by atoms with van der Waals surface area (Å²) >= 11 is 0. The van der Waals surface area contributed by atoms with Gasteiger partial charge in [0.2, 0.25) is 0 Å². The number of benzene rings is 3. The molecule has 0 amide bonds. The lowest BCUT2D eigenvalue weighted by atomic mass is 10.0. The molecule has 0 saturated carbocycles. The first-order chi connectivity index (χ1) is 12.8. The van der Waals surface area contributed by atoms with Crippen LogP contribution < -0.4 is 5.43 Å². The van der Waals surface area contributed by atoms with Crippen LogP contribution in [0.4, 0.5) is 0 Å². The van der Waals surface area contributed by atoms with Crippen LogP contribution in [0.3, 0.4) is 0 Å². The highest BCUT2D eigenvalue weighted by molar-refractivity contribution is 5.89. The van der Waals surface area contributed by atoms with Gasteiger partial charge in [-0.15, -0.1) is 0 Å². The molecule has 1 heterocycles. The Balaban J connectivity index is 2.02. The second-order valence-electron chi connectivity index (χ2n) is 6.28. The van der Waals surface area contributed by atoms with Crippen molar-refractivity contribution in [3.05, 3.63) is 106 Å². The molecule has 2 heteroatoms. The molecule has 0 unspecified atom stereocenters. The van der Waals surface area contributed by atoms with Crippen molar-refractivity contribution in [2.45, 2.75) is 0 Å². The molecule has 4 rings (SSSR count). The number of aryl methyl sites for hydroxylation is 1. The van der Waals surface area contributed by atoms with Gasteiger partial charge in [0, 0.05) is 18.0 Å². The van der Waals surface area contributed by atoms with E-state index in [1.54, 1.807) is 0 Å². The second kappa shape index (κ2) is 6.85. The largest absolute Gasteiger partial charge is 0.343 e. The van der Waals surface area contributed by atoms with Crippen molar-refractivity contribution in [2.24, 2.45) is 7.05 Å².